The van der Waals surface area contributed by atoms with Crippen LogP contribution in [-0.2, 0) is 13.7 Å². The van der Waals surface area contributed by atoms with Crippen molar-refractivity contribution in [2.75, 3.05) is 11.9 Å². The van der Waals surface area contributed by atoms with Gasteiger partial charge in [-0.1, -0.05) is 24.3 Å². The Kier molecular flexibility index (Phi) is 5.48. The van der Waals surface area contributed by atoms with Gasteiger partial charge >= 0.3 is 0 Å². The van der Waals surface area contributed by atoms with Crippen LogP contribution in [0.5, 0.6) is 0 Å². The summed E-state index contributed by atoms with van der Waals surface area (Å²) in [4.78, 5) is 0. The van der Waals surface area contributed by atoms with E-state index in [4.69, 9.17) is 11.6 Å². The number of rotatable bonds is 4. The molecule has 1 aliphatic heterocycles. The molecule has 7 heteroatoms. The predicted octanol–water partition coefficient (Wildman–Crippen LogP) is 2.96. The smallest absolute Gasteiger partial charge is 0.0777 e. The average Bonchev–Trinajstić information content (AvgIpc) is 3.12. The third kappa shape index (κ3) is 3.90. The Bertz CT molecular complexity index is 1070. The third-order valence-corrected chi connectivity index (χ3v) is 5.52. The molecule has 1 aliphatic rings. The van der Waals surface area contributed by atoms with Gasteiger partial charge in [0.2, 0.25) is 0 Å². The van der Waals surface area contributed by atoms with Crippen molar-refractivity contribution in [2.45, 2.75) is 26.0 Å². The van der Waals surface area contributed by atoms with E-state index in [-0.39, 0.29) is 12.6 Å². The highest BCUT2D eigenvalue weighted by Gasteiger charge is 2.26. The number of aromatic nitrogens is 2. The second kappa shape index (κ2) is 8.22. The van der Waals surface area contributed by atoms with Gasteiger partial charge in [0.1, 0.15) is 0 Å². The highest BCUT2D eigenvalue weighted by Crippen LogP contribution is 2.37. The number of aliphatic hydroxyl groups excluding tert-OH is 1. The van der Waals surface area contributed by atoms with Crippen molar-refractivity contribution in [1.82, 2.24) is 14.8 Å². The molecule has 0 amide bonds. The van der Waals surface area contributed by atoms with E-state index < -0.39 is 0 Å². The lowest BCUT2D eigenvalue weighted by Crippen LogP contribution is -2.31. The molecule has 156 valence electrons. The van der Waals surface area contributed by atoms with Gasteiger partial charge in [-0.25, -0.2) is 5.84 Å². The highest BCUT2D eigenvalue weighted by atomic mass is 16.3. The fourth-order valence-electron chi connectivity index (χ4n) is 4.00. The van der Waals surface area contributed by atoms with Crippen molar-refractivity contribution >= 4 is 11.4 Å². The number of aliphatic hydroxyl groups is 1. The molecule has 4 rings (SSSR count). The minimum atomic E-state index is 0.0348. The minimum absolute atomic E-state index is 0.0348. The predicted molar refractivity (Wildman–Crippen MR) is 120 cm³/mol. The maximum atomic E-state index is 9.30. The average molecular weight is 405 g/mol. The summed E-state index contributed by atoms with van der Waals surface area (Å²) in [6.45, 7) is 2.59. The Balaban J connectivity index is 1.79. The van der Waals surface area contributed by atoms with E-state index in [9.17, 15) is 5.11 Å². The summed E-state index contributed by atoms with van der Waals surface area (Å²) in [5.41, 5.74) is 14.0. The summed E-state index contributed by atoms with van der Waals surface area (Å²) in [5.74, 6) is 6.37. The van der Waals surface area contributed by atoms with Crippen LogP contribution in [-0.4, -0.2) is 26.4 Å². The van der Waals surface area contributed by atoms with Crippen LogP contribution in [0.4, 0.5) is 5.69 Å². The van der Waals surface area contributed by atoms with E-state index in [1.54, 1.807) is 9.69 Å². The molecule has 0 fully saturated rings. The molecule has 0 aliphatic carbocycles. The first-order valence-electron chi connectivity index (χ1n) is 10.0. The lowest BCUT2D eigenvalue weighted by Gasteiger charge is -2.22. The van der Waals surface area contributed by atoms with Crippen LogP contribution >= 0.6 is 0 Å². The summed E-state index contributed by atoms with van der Waals surface area (Å²) >= 11 is 0. The molecule has 6 N–H and O–H groups in total. The lowest BCUT2D eigenvalue weighted by atomic mass is 9.93. The number of nitrogens with two attached hydrogens (primary N) is 2. The van der Waals surface area contributed by atoms with Crippen LogP contribution < -0.4 is 16.9 Å². The number of nitrogens with zero attached hydrogens (tertiary/aromatic N) is 3. The van der Waals surface area contributed by atoms with Crippen molar-refractivity contribution in [3.05, 3.63) is 77.2 Å². The van der Waals surface area contributed by atoms with Gasteiger partial charge in [0.05, 0.1) is 24.5 Å². The monoisotopic (exact) mass is 404 g/mol. The maximum Gasteiger partial charge on any atom is 0.0777 e. The zero-order chi connectivity index (χ0) is 21.3. The van der Waals surface area contributed by atoms with Gasteiger partial charge in [0.15, 0.2) is 0 Å². The van der Waals surface area contributed by atoms with Crippen LogP contribution in [0.3, 0.4) is 0 Å². The molecule has 0 saturated carbocycles. The second-order valence-electron chi connectivity index (χ2n) is 7.77. The number of aryl methyl sites for hydroxylation is 1. The van der Waals surface area contributed by atoms with Crippen molar-refractivity contribution in [2.24, 2.45) is 18.6 Å². The van der Waals surface area contributed by atoms with Crippen LogP contribution in [0.25, 0.3) is 16.8 Å². The molecule has 0 saturated heterocycles. The van der Waals surface area contributed by atoms with Gasteiger partial charge in [0, 0.05) is 42.3 Å². The fraction of sp³-hybridized carbons (Fsp3) is 0.261. The molecule has 0 radical (unpaired) electrons. The van der Waals surface area contributed by atoms with Crippen LogP contribution in [0.2, 0.25) is 0 Å². The van der Waals surface area contributed by atoms with E-state index >= 15 is 0 Å². The molecule has 1 aromatic heterocycles. The summed E-state index contributed by atoms with van der Waals surface area (Å²) in [5, 5.41) is 19.0. The van der Waals surface area contributed by atoms with Gasteiger partial charge < -0.3 is 21.2 Å². The number of fused-ring (bicyclic) bond motifs is 1. The normalized spacial score (nSPS) is 18.0. The Morgan fingerprint density at radius 2 is 1.97 bits per heavy atom. The van der Waals surface area contributed by atoms with E-state index in [0.717, 1.165) is 45.6 Å². The van der Waals surface area contributed by atoms with Gasteiger partial charge in [-0.3, -0.25) is 4.68 Å². The molecule has 2 aromatic carbocycles. The Morgan fingerprint density at radius 3 is 2.60 bits per heavy atom. The second-order valence-corrected chi connectivity index (χ2v) is 7.77. The number of anilines is 1. The molecule has 1 unspecified atom stereocenters. The van der Waals surface area contributed by atoms with E-state index in [1.807, 2.05) is 50.6 Å². The molecule has 3 aromatic rings. The SMILES string of the molecule is C/C(N)=C1\c2ccc(-c3cnn(C)c3)cc2C(Nc2ccc(CO)cc2)CCN1N. The number of nitrogens with one attached hydrogen (secondary N) is 1. The minimum Gasteiger partial charge on any atom is -0.401 e. The first kappa shape index (κ1) is 20.0. The fourth-order valence-corrected chi connectivity index (χ4v) is 4.00. The standard InChI is InChI=1S/C23H28N6O/c1-15(24)23-20-8-5-17(18-12-26-28(2)13-18)11-21(20)22(9-10-29(23)25)27-19-6-3-16(14-30)4-7-19/h3-8,11-13,22,27,30H,9-10,14,24-25H2,1-2H3/b23-15-. The first-order valence-corrected chi connectivity index (χ1v) is 10.0. The Hall–Kier alpha value is -3.29. The molecule has 30 heavy (non-hydrogen) atoms. The van der Waals surface area contributed by atoms with Crippen molar-refractivity contribution in [3.8, 4) is 11.1 Å². The lowest BCUT2D eigenvalue weighted by molar-refractivity contribution is 0.282. The molecule has 1 atom stereocenters. The molecule has 0 spiro atoms. The molecular formula is C23H28N6O. The number of hydrogen-bond donors (Lipinski definition) is 4. The van der Waals surface area contributed by atoms with Crippen molar-refractivity contribution < 1.29 is 5.11 Å². The molecular weight excluding hydrogens is 376 g/mol. The van der Waals surface area contributed by atoms with Gasteiger partial charge in [-0.15, -0.1) is 0 Å². The Morgan fingerprint density at radius 1 is 1.20 bits per heavy atom. The zero-order valence-corrected chi connectivity index (χ0v) is 17.3. The van der Waals surface area contributed by atoms with Gasteiger partial charge in [-0.2, -0.15) is 5.10 Å². The largest absolute Gasteiger partial charge is 0.401 e. The summed E-state index contributed by atoms with van der Waals surface area (Å²) in [6.07, 6.45) is 4.70. The molecule has 7 nitrogen and oxygen atoms in total. The topological polar surface area (TPSA) is 105 Å². The number of hydrazine groups is 1. The number of benzene rings is 2. The summed E-state index contributed by atoms with van der Waals surface area (Å²) in [7, 11) is 1.91. The molecule has 2 heterocycles. The van der Waals surface area contributed by atoms with Gasteiger partial charge in [-0.05, 0) is 48.2 Å². The summed E-state index contributed by atoms with van der Waals surface area (Å²) < 4.78 is 1.80. The van der Waals surface area contributed by atoms with Crippen LogP contribution in [0.15, 0.2) is 60.6 Å². The maximum absolute atomic E-state index is 9.30. The molecule has 0 bridgehead atoms. The van der Waals surface area contributed by atoms with Crippen molar-refractivity contribution in [1.29, 1.82) is 0 Å². The third-order valence-electron chi connectivity index (χ3n) is 5.52. The number of hydrogen-bond acceptors (Lipinski definition) is 6. The van der Waals surface area contributed by atoms with E-state index in [2.05, 4.69) is 28.6 Å². The quantitative estimate of drug-likeness (QED) is 0.498. The zero-order valence-electron chi connectivity index (χ0n) is 17.3. The van der Waals surface area contributed by atoms with Crippen molar-refractivity contribution in [3.63, 3.8) is 0 Å². The summed E-state index contributed by atoms with van der Waals surface area (Å²) in [6, 6.07) is 14.3. The van der Waals surface area contributed by atoms with Crippen LogP contribution in [0, 0.1) is 0 Å². The van der Waals surface area contributed by atoms with Gasteiger partial charge in [0.25, 0.3) is 0 Å². The van der Waals surface area contributed by atoms with E-state index in [0.29, 0.717) is 12.2 Å². The highest BCUT2D eigenvalue weighted by molar-refractivity contribution is 5.74. The first-order chi connectivity index (χ1) is 14.5. The van der Waals surface area contributed by atoms with Crippen LogP contribution in [0.1, 0.15) is 36.1 Å². The van der Waals surface area contributed by atoms with E-state index in [1.165, 1.54) is 0 Å². The Labute approximate surface area is 176 Å². The number of allylic oxidation sites excluding steroid dienone is 1.